The Balaban J connectivity index is 1.71. The van der Waals surface area contributed by atoms with Gasteiger partial charge in [-0.1, -0.05) is 12.1 Å². The van der Waals surface area contributed by atoms with E-state index in [-0.39, 0.29) is 11.9 Å². The van der Waals surface area contributed by atoms with Crippen molar-refractivity contribution in [3.8, 4) is 5.69 Å². The number of rotatable bonds is 5. The highest BCUT2D eigenvalue weighted by molar-refractivity contribution is 5.93. The van der Waals surface area contributed by atoms with E-state index in [4.69, 9.17) is 5.73 Å². The van der Waals surface area contributed by atoms with E-state index in [0.717, 1.165) is 11.3 Å². The van der Waals surface area contributed by atoms with E-state index in [0.29, 0.717) is 12.8 Å². The summed E-state index contributed by atoms with van der Waals surface area (Å²) in [5.74, 6) is -0.197. The maximum Gasteiger partial charge on any atom is 0.313 e. The monoisotopic (exact) mass is 313 g/mol. The second kappa shape index (κ2) is 5.75. The Morgan fingerprint density at radius 3 is 2.78 bits per heavy atom. The number of aromatic nitrogens is 2. The number of benzene rings is 1. The molecule has 1 aliphatic rings. The lowest BCUT2D eigenvalue weighted by Gasteiger charge is -2.20. The van der Waals surface area contributed by atoms with Crippen molar-refractivity contribution < 1.29 is 9.59 Å². The van der Waals surface area contributed by atoms with Crippen LogP contribution in [-0.4, -0.2) is 27.0 Å². The van der Waals surface area contributed by atoms with Gasteiger partial charge in [0, 0.05) is 18.1 Å². The zero-order valence-electron chi connectivity index (χ0n) is 12.8. The number of urea groups is 1. The third-order valence-corrected chi connectivity index (χ3v) is 4.07. The van der Waals surface area contributed by atoms with Crippen molar-refractivity contribution >= 4 is 11.9 Å². The Hall–Kier alpha value is -2.83. The van der Waals surface area contributed by atoms with Gasteiger partial charge in [0.05, 0.1) is 12.4 Å². The zero-order valence-corrected chi connectivity index (χ0v) is 12.8. The van der Waals surface area contributed by atoms with Gasteiger partial charge in [0.25, 0.3) is 0 Å². The lowest BCUT2D eigenvalue weighted by molar-refractivity contribution is -0.124. The van der Waals surface area contributed by atoms with Crippen molar-refractivity contribution in [1.82, 2.24) is 20.2 Å². The molecule has 1 unspecified atom stereocenters. The highest BCUT2D eigenvalue weighted by atomic mass is 16.2. The molecule has 1 aromatic heterocycles. The molecule has 0 spiro atoms. The average molecular weight is 313 g/mol. The number of nitrogens with two attached hydrogens (primary N) is 1. The first-order chi connectivity index (χ1) is 11.0. The lowest BCUT2D eigenvalue weighted by Crippen LogP contribution is -2.51. The van der Waals surface area contributed by atoms with Crippen molar-refractivity contribution in [2.24, 2.45) is 5.73 Å². The standard InChI is InChI=1S/C16H19N5O2/c1-11(19-14(22)16(5-6-16)20-15(17)23)12-3-2-4-13(9-12)21-8-7-18-10-21/h2-4,7-11H,5-6H2,1H3,(H,19,22)(H3,17,20,23). The Labute approximate surface area is 133 Å². The van der Waals surface area contributed by atoms with E-state index in [9.17, 15) is 9.59 Å². The molecular formula is C16H19N5O2. The molecule has 1 aliphatic carbocycles. The molecule has 0 saturated heterocycles. The Kier molecular flexibility index (Phi) is 3.77. The van der Waals surface area contributed by atoms with Crippen molar-refractivity contribution in [2.45, 2.75) is 31.3 Å². The second-order valence-corrected chi connectivity index (χ2v) is 5.83. The molecule has 0 radical (unpaired) electrons. The van der Waals surface area contributed by atoms with Crippen LogP contribution in [0, 0.1) is 0 Å². The number of nitrogens with one attached hydrogen (secondary N) is 2. The first kappa shape index (κ1) is 15.1. The van der Waals surface area contributed by atoms with Crippen molar-refractivity contribution in [1.29, 1.82) is 0 Å². The summed E-state index contributed by atoms with van der Waals surface area (Å²) >= 11 is 0. The summed E-state index contributed by atoms with van der Waals surface area (Å²) in [4.78, 5) is 27.4. The fourth-order valence-corrected chi connectivity index (χ4v) is 2.55. The summed E-state index contributed by atoms with van der Waals surface area (Å²) in [7, 11) is 0. The maximum absolute atomic E-state index is 12.4. The minimum absolute atomic E-state index is 0.182. The van der Waals surface area contributed by atoms with Crippen LogP contribution in [0.5, 0.6) is 0 Å². The fourth-order valence-electron chi connectivity index (χ4n) is 2.55. The lowest BCUT2D eigenvalue weighted by atomic mass is 10.1. The number of carbonyl (C=O) groups excluding carboxylic acids is 2. The maximum atomic E-state index is 12.4. The van der Waals surface area contributed by atoms with Crippen LogP contribution in [0.15, 0.2) is 43.0 Å². The quantitative estimate of drug-likeness (QED) is 0.774. The molecule has 23 heavy (non-hydrogen) atoms. The summed E-state index contributed by atoms with van der Waals surface area (Å²) in [6.07, 6.45) is 6.52. The first-order valence-electron chi connectivity index (χ1n) is 7.47. The van der Waals surface area contributed by atoms with Crippen LogP contribution < -0.4 is 16.4 Å². The van der Waals surface area contributed by atoms with Gasteiger partial charge in [-0.15, -0.1) is 0 Å². The molecule has 7 nitrogen and oxygen atoms in total. The Morgan fingerprint density at radius 1 is 1.39 bits per heavy atom. The minimum Gasteiger partial charge on any atom is -0.352 e. The Morgan fingerprint density at radius 2 is 2.17 bits per heavy atom. The van der Waals surface area contributed by atoms with Gasteiger partial charge in [-0.25, -0.2) is 9.78 Å². The molecule has 3 rings (SSSR count). The normalized spacial score (nSPS) is 16.4. The van der Waals surface area contributed by atoms with E-state index in [1.165, 1.54) is 0 Å². The number of hydrogen-bond donors (Lipinski definition) is 3. The van der Waals surface area contributed by atoms with Crippen LogP contribution in [-0.2, 0) is 4.79 Å². The van der Waals surface area contributed by atoms with Crippen LogP contribution in [0.2, 0.25) is 0 Å². The number of nitrogens with zero attached hydrogens (tertiary/aromatic N) is 2. The van der Waals surface area contributed by atoms with Gasteiger partial charge in [0.2, 0.25) is 5.91 Å². The molecule has 3 amide bonds. The summed E-state index contributed by atoms with van der Waals surface area (Å²) in [6, 6.07) is 6.99. The smallest absolute Gasteiger partial charge is 0.313 e. The van der Waals surface area contributed by atoms with E-state index in [1.807, 2.05) is 42.0 Å². The van der Waals surface area contributed by atoms with Gasteiger partial charge >= 0.3 is 6.03 Å². The Bertz CT molecular complexity index is 722. The number of imidazole rings is 1. The highest BCUT2D eigenvalue weighted by Gasteiger charge is 2.51. The number of amides is 3. The predicted molar refractivity (Wildman–Crippen MR) is 84.8 cm³/mol. The molecular weight excluding hydrogens is 294 g/mol. The van der Waals surface area contributed by atoms with Crippen LogP contribution in [0.3, 0.4) is 0 Å². The molecule has 1 heterocycles. The van der Waals surface area contributed by atoms with Crippen LogP contribution in [0.25, 0.3) is 5.69 Å². The zero-order chi connectivity index (χ0) is 16.4. The van der Waals surface area contributed by atoms with Gasteiger partial charge in [-0.3, -0.25) is 4.79 Å². The summed E-state index contributed by atoms with van der Waals surface area (Å²) < 4.78 is 1.90. The van der Waals surface area contributed by atoms with Crippen LogP contribution in [0.1, 0.15) is 31.4 Å². The number of hydrogen-bond acceptors (Lipinski definition) is 3. The summed E-state index contributed by atoms with van der Waals surface area (Å²) in [6.45, 7) is 1.91. The van der Waals surface area contributed by atoms with E-state index < -0.39 is 11.6 Å². The molecule has 0 bridgehead atoms. The molecule has 1 fully saturated rings. The van der Waals surface area contributed by atoms with Gasteiger partial charge in [0.1, 0.15) is 5.54 Å². The molecule has 1 saturated carbocycles. The minimum atomic E-state index is -0.831. The summed E-state index contributed by atoms with van der Waals surface area (Å²) in [5.41, 5.74) is 6.24. The van der Waals surface area contributed by atoms with Crippen molar-refractivity contribution in [2.75, 3.05) is 0 Å². The molecule has 4 N–H and O–H groups in total. The third-order valence-electron chi connectivity index (χ3n) is 4.07. The van der Waals surface area contributed by atoms with Crippen molar-refractivity contribution in [3.05, 3.63) is 48.5 Å². The topological polar surface area (TPSA) is 102 Å². The molecule has 1 aromatic carbocycles. The fraction of sp³-hybridized carbons (Fsp3) is 0.312. The molecule has 1 atom stereocenters. The number of carbonyl (C=O) groups is 2. The second-order valence-electron chi connectivity index (χ2n) is 5.83. The highest BCUT2D eigenvalue weighted by Crippen LogP contribution is 2.36. The van der Waals surface area contributed by atoms with Crippen LogP contribution >= 0.6 is 0 Å². The van der Waals surface area contributed by atoms with Gasteiger partial charge in [0.15, 0.2) is 0 Å². The largest absolute Gasteiger partial charge is 0.352 e. The SMILES string of the molecule is CC(NC(=O)C1(NC(N)=O)CC1)c1cccc(-n2ccnc2)c1. The van der Waals surface area contributed by atoms with Gasteiger partial charge in [-0.2, -0.15) is 0 Å². The van der Waals surface area contributed by atoms with Crippen molar-refractivity contribution in [3.63, 3.8) is 0 Å². The average Bonchev–Trinajstić information content (AvgIpc) is 3.10. The van der Waals surface area contributed by atoms with E-state index >= 15 is 0 Å². The molecule has 2 aromatic rings. The third kappa shape index (κ3) is 3.18. The van der Waals surface area contributed by atoms with Gasteiger partial charge < -0.3 is 20.9 Å². The van der Waals surface area contributed by atoms with E-state index in [1.54, 1.807) is 12.5 Å². The van der Waals surface area contributed by atoms with E-state index in [2.05, 4.69) is 15.6 Å². The number of primary amides is 1. The first-order valence-corrected chi connectivity index (χ1v) is 7.47. The summed E-state index contributed by atoms with van der Waals surface area (Å²) in [5, 5.41) is 5.48. The molecule has 0 aliphatic heterocycles. The molecule has 120 valence electrons. The van der Waals surface area contributed by atoms with Gasteiger partial charge in [-0.05, 0) is 37.5 Å². The van der Waals surface area contributed by atoms with Crippen LogP contribution in [0.4, 0.5) is 4.79 Å². The molecule has 7 heteroatoms. The predicted octanol–water partition coefficient (Wildman–Crippen LogP) is 1.25.